The molecule has 0 saturated heterocycles. The number of carbonyl (C=O) groups is 1. The maximum Gasteiger partial charge on any atom is 0.121 e. The Labute approximate surface area is 77.9 Å². The maximum atomic E-state index is 10.3. The van der Waals surface area contributed by atoms with Gasteiger partial charge in [-0.25, -0.2) is 0 Å². The van der Waals surface area contributed by atoms with Crippen molar-refractivity contribution in [1.29, 1.82) is 0 Å². The van der Waals surface area contributed by atoms with E-state index < -0.39 is 0 Å². The first kappa shape index (κ1) is 9.99. The highest BCUT2D eigenvalue weighted by atomic mass is 16.3. The zero-order valence-corrected chi connectivity index (χ0v) is 7.99. The molecule has 3 nitrogen and oxygen atoms in total. The van der Waals surface area contributed by atoms with E-state index >= 15 is 0 Å². The van der Waals surface area contributed by atoms with Gasteiger partial charge in [0.25, 0.3) is 0 Å². The van der Waals surface area contributed by atoms with Crippen LogP contribution in [0.4, 0.5) is 0 Å². The predicted octanol–water partition coefficient (Wildman–Crippen LogP) is 1.81. The molecule has 0 aliphatic carbocycles. The van der Waals surface area contributed by atoms with Gasteiger partial charge in [-0.15, -0.1) is 0 Å². The number of rotatable bonds is 4. The van der Waals surface area contributed by atoms with Gasteiger partial charge in [-0.3, -0.25) is 0 Å². The first-order chi connectivity index (χ1) is 6.15. The fourth-order valence-electron chi connectivity index (χ4n) is 1.21. The van der Waals surface area contributed by atoms with Gasteiger partial charge in [0.1, 0.15) is 17.8 Å². The Morgan fingerprint density at radius 2 is 2.31 bits per heavy atom. The Morgan fingerprint density at radius 3 is 2.77 bits per heavy atom. The van der Waals surface area contributed by atoms with E-state index in [9.17, 15) is 4.79 Å². The van der Waals surface area contributed by atoms with Crippen molar-refractivity contribution in [2.75, 3.05) is 0 Å². The van der Waals surface area contributed by atoms with Gasteiger partial charge in [0.15, 0.2) is 0 Å². The first-order valence-corrected chi connectivity index (χ1v) is 4.40. The number of hydrogen-bond acceptors (Lipinski definition) is 3. The molecule has 0 amide bonds. The molecule has 72 valence electrons. The third kappa shape index (κ3) is 2.42. The zero-order chi connectivity index (χ0) is 9.84. The van der Waals surface area contributed by atoms with Crippen LogP contribution >= 0.6 is 0 Å². The fourth-order valence-corrected chi connectivity index (χ4v) is 1.21. The molecule has 1 aromatic heterocycles. The Hall–Kier alpha value is -1.09. The highest BCUT2D eigenvalue weighted by Gasteiger charge is 2.17. The van der Waals surface area contributed by atoms with E-state index in [1.807, 2.05) is 26.0 Å². The first-order valence-electron chi connectivity index (χ1n) is 4.40. The van der Waals surface area contributed by atoms with Crippen LogP contribution in [0.3, 0.4) is 0 Å². The molecule has 2 unspecified atom stereocenters. The average molecular weight is 181 g/mol. The van der Waals surface area contributed by atoms with Crippen LogP contribution in [0.2, 0.25) is 0 Å². The lowest BCUT2D eigenvalue weighted by Gasteiger charge is -2.14. The lowest BCUT2D eigenvalue weighted by Crippen LogP contribution is -2.18. The van der Waals surface area contributed by atoms with Gasteiger partial charge in [-0.2, -0.15) is 0 Å². The molecule has 0 aliphatic heterocycles. The molecule has 0 saturated carbocycles. The van der Waals surface area contributed by atoms with Crippen LogP contribution in [-0.2, 0) is 4.79 Å². The Balaban J connectivity index is 2.66. The molecular formula is C10H15NO2. The summed E-state index contributed by atoms with van der Waals surface area (Å²) in [6, 6.07) is 3.56. The largest absolute Gasteiger partial charge is 0.465 e. The minimum Gasteiger partial charge on any atom is -0.465 e. The second kappa shape index (κ2) is 4.23. The summed E-state index contributed by atoms with van der Waals surface area (Å²) in [7, 11) is 0. The SMILES string of the molecule is Cc1ccc(C(N)C(C)CC=O)o1. The quantitative estimate of drug-likeness (QED) is 0.721. The van der Waals surface area contributed by atoms with E-state index in [1.54, 1.807) is 0 Å². The molecule has 0 radical (unpaired) electrons. The number of hydrogen-bond donors (Lipinski definition) is 1. The Morgan fingerprint density at radius 1 is 1.62 bits per heavy atom. The zero-order valence-electron chi connectivity index (χ0n) is 7.99. The third-order valence-corrected chi connectivity index (χ3v) is 2.17. The topological polar surface area (TPSA) is 56.2 Å². The summed E-state index contributed by atoms with van der Waals surface area (Å²) in [4.78, 5) is 10.3. The summed E-state index contributed by atoms with van der Waals surface area (Å²) in [5, 5.41) is 0. The molecule has 1 aromatic rings. The second-order valence-corrected chi connectivity index (χ2v) is 3.35. The van der Waals surface area contributed by atoms with Crippen molar-refractivity contribution in [2.24, 2.45) is 11.7 Å². The number of nitrogens with two attached hydrogens (primary N) is 1. The van der Waals surface area contributed by atoms with E-state index in [0.717, 1.165) is 17.8 Å². The number of furan rings is 1. The van der Waals surface area contributed by atoms with E-state index in [1.165, 1.54) is 0 Å². The van der Waals surface area contributed by atoms with Gasteiger partial charge in [-0.1, -0.05) is 6.92 Å². The second-order valence-electron chi connectivity index (χ2n) is 3.35. The molecule has 0 aromatic carbocycles. The van der Waals surface area contributed by atoms with E-state index in [-0.39, 0.29) is 12.0 Å². The van der Waals surface area contributed by atoms with Crippen molar-refractivity contribution >= 4 is 6.29 Å². The van der Waals surface area contributed by atoms with Crippen molar-refractivity contribution in [1.82, 2.24) is 0 Å². The minimum absolute atomic E-state index is 0.128. The molecule has 0 fully saturated rings. The van der Waals surface area contributed by atoms with Crippen molar-refractivity contribution in [2.45, 2.75) is 26.3 Å². The number of aryl methyl sites for hydroxylation is 1. The summed E-state index contributed by atoms with van der Waals surface area (Å²) in [5.74, 6) is 1.73. The monoisotopic (exact) mass is 181 g/mol. The molecule has 0 spiro atoms. The van der Waals surface area contributed by atoms with Crippen LogP contribution in [-0.4, -0.2) is 6.29 Å². The van der Waals surface area contributed by atoms with Gasteiger partial charge >= 0.3 is 0 Å². The van der Waals surface area contributed by atoms with Crippen molar-refractivity contribution in [3.8, 4) is 0 Å². The third-order valence-electron chi connectivity index (χ3n) is 2.17. The summed E-state index contributed by atoms with van der Waals surface area (Å²) >= 11 is 0. The Kier molecular flexibility index (Phi) is 3.25. The lowest BCUT2D eigenvalue weighted by molar-refractivity contribution is -0.108. The van der Waals surface area contributed by atoms with Crippen LogP contribution in [0, 0.1) is 12.8 Å². The van der Waals surface area contributed by atoms with E-state index in [4.69, 9.17) is 10.2 Å². The van der Waals surface area contributed by atoms with Crippen molar-refractivity contribution in [3.05, 3.63) is 23.7 Å². The van der Waals surface area contributed by atoms with E-state index in [2.05, 4.69) is 0 Å². The van der Waals surface area contributed by atoms with Crippen LogP contribution in [0.15, 0.2) is 16.5 Å². The van der Waals surface area contributed by atoms with Crippen molar-refractivity contribution < 1.29 is 9.21 Å². The van der Waals surface area contributed by atoms with Gasteiger partial charge in [-0.05, 0) is 25.0 Å². The summed E-state index contributed by atoms with van der Waals surface area (Å²) in [6.45, 7) is 3.82. The molecule has 1 rings (SSSR count). The molecule has 1 heterocycles. The standard InChI is InChI=1S/C10H15NO2/c1-7(5-6-12)10(11)9-4-3-8(2)13-9/h3-4,6-7,10H,5,11H2,1-2H3. The van der Waals surface area contributed by atoms with Gasteiger partial charge < -0.3 is 14.9 Å². The average Bonchev–Trinajstić information content (AvgIpc) is 2.51. The molecule has 0 bridgehead atoms. The highest BCUT2D eigenvalue weighted by molar-refractivity contribution is 5.49. The van der Waals surface area contributed by atoms with Crippen LogP contribution in [0.5, 0.6) is 0 Å². The van der Waals surface area contributed by atoms with E-state index in [0.29, 0.717) is 6.42 Å². The smallest absolute Gasteiger partial charge is 0.121 e. The van der Waals surface area contributed by atoms with Gasteiger partial charge in [0, 0.05) is 6.42 Å². The Bertz CT molecular complexity index is 280. The van der Waals surface area contributed by atoms with Crippen molar-refractivity contribution in [3.63, 3.8) is 0 Å². The summed E-state index contributed by atoms with van der Waals surface area (Å²) in [6.07, 6.45) is 1.36. The van der Waals surface area contributed by atoms with Crippen LogP contribution < -0.4 is 5.73 Å². The molecule has 3 heteroatoms. The van der Waals surface area contributed by atoms with Crippen LogP contribution in [0.1, 0.15) is 30.9 Å². The normalized spacial score (nSPS) is 15.3. The summed E-state index contributed by atoms with van der Waals surface area (Å²) in [5.41, 5.74) is 5.89. The maximum absolute atomic E-state index is 10.3. The summed E-state index contributed by atoms with van der Waals surface area (Å²) < 4.78 is 5.37. The lowest BCUT2D eigenvalue weighted by atomic mass is 9.98. The molecule has 13 heavy (non-hydrogen) atoms. The minimum atomic E-state index is -0.182. The van der Waals surface area contributed by atoms with Gasteiger partial charge in [0.05, 0.1) is 6.04 Å². The molecule has 0 aliphatic rings. The molecular weight excluding hydrogens is 166 g/mol. The highest BCUT2D eigenvalue weighted by Crippen LogP contribution is 2.22. The van der Waals surface area contributed by atoms with Gasteiger partial charge in [0.2, 0.25) is 0 Å². The molecule has 2 atom stereocenters. The van der Waals surface area contributed by atoms with Crippen LogP contribution in [0.25, 0.3) is 0 Å². The number of aldehydes is 1. The fraction of sp³-hybridized carbons (Fsp3) is 0.500. The number of carbonyl (C=O) groups excluding carboxylic acids is 1. The predicted molar refractivity (Wildman–Crippen MR) is 50.2 cm³/mol. The molecule has 2 N–H and O–H groups in total.